The Balaban J connectivity index is 0. The maximum absolute atomic E-state index is 10.9. The molecule has 0 atom stereocenters. The van der Waals surface area contributed by atoms with Crippen LogP contribution in [0.5, 0.6) is 0 Å². The first-order valence-corrected chi connectivity index (χ1v) is 3.76. The van der Waals surface area contributed by atoms with Crippen LogP contribution in [0.15, 0.2) is 0 Å². The Hall–Kier alpha value is 0.0231. The number of carbonyl (C=O) groups is 2. The second kappa shape index (κ2) is 7.66. The zero-order valence-electron chi connectivity index (χ0n) is 7.72. The van der Waals surface area contributed by atoms with E-state index in [0.717, 1.165) is 0 Å². The Bertz CT molecular complexity index is 154. The second-order valence-corrected chi connectivity index (χ2v) is 2.60. The van der Waals surface area contributed by atoms with Crippen LogP contribution < -0.4 is 0 Å². The Morgan fingerprint density at radius 3 is 2.17 bits per heavy atom. The minimum absolute atomic E-state index is 0. The molecule has 0 bridgehead atoms. The molecule has 0 aromatic rings. The molecule has 0 N–H and O–H groups in total. The summed E-state index contributed by atoms with van der Waals surface area (Å²) in [6.07, 6.45) is -0.0918. The summed E-state index contributed by atoms with van der Waals surface area (Å²) in [6.45, 7) is 5.59. The molecule has 0 saturated heterocycles. The van der Waals surface area contributed by atoms with E-state index in [1.165, 1.54) is 0 Å². The first-order valence-electron chi connectivity index (χ1n) is 3.76. The summed E-state index contributed by atoms with van der Waals surface area (Å²) in [6, 6.07) is 0. The molecule has 0 aliphatic rings. The molecule has 0 aliphatic carbocycles. The minimum atomic E-state index is -0.425. The zero-order chi connectivity index (χ0) is 8.85. The molecule has 0 rings (SSSR count). The van der Waals surface area contributed by atoms with Crippen LogP contribution in [0.2, 0.25) is 0 Å². The van der Waals surface area contributed by atoms with E-state index >= 15 is 0 Å². The van der Waals surface area contributed by atoms with E-state index in [1.54, 1.807) is 20.8 Å². The third kappa shape index (κ3) is 6.72. The maximum atomic E-state index is 10.9. The van der Waals surface area contributed by atoms with Gasteiger partial charge in [-0.1, -0.05) is 13.8 Å². The predicted octanol–water partition coefficient (Wildman–Crippen LogP) is 1.16. The van der Waals surface area contributed by atoms with Gasteiger partial charge in [-0.2, -0.15) is 0 Å². The fraction of sp³-hybridized carbons (Fsp3) is 0.750. The van der Waals surface area contributed by atoms with Gasteiger partial charge in [-0.3, -0.25) is 9.59 Å². The summed E-state index contributed by atoms with van der Waals surface area (Å²) in [5, 5.41) is 0. The van der Waals surface area contributed by atoms with E-state index in [-0.39, 0.29) is 44.3 Å². The van der Waals surface area contributed by atoms with E-state index in [2.05, 4.69) is 4.74 Å². The molecule has 0 aliphatic heterocycles. The Morgan fingerprint density at radius 2 is 1.83 bits per heavy atom. The maximum Gasteiger partial charge on any atom is 0.313 e. The predicted molar refractivity (Wildman–Crippen MR) is 41.1 cm³/mol. The van der Waals surface area contributed by atoms with Crippen molar-refractivity contribution in [3.63, 3.8) is 0 Å². The van der Waals surface area contributed by atoms with Crippen molar-refractivity contribution in [2.45, 2.75) is 27.2 Å². The monoisotopic (exact) mass is 248 g/mol. The van der Waals surface area contributed by atoms with Gasteiger partial charge in [0, 0.05) is 32.1 Å². The summed E-state index contributed by atoms with van der Waals surface area (Å²) >= 11 is 0. The normalized spacial score (nSPS) is 9.00. The quantitative estimate of drug-likeness (QED) is 0.555. The molecule has 0 amide bonds. The summed E-state index contributed by atoms with van der Waals surface area (Å²) < 4.78 is 4.60. The molecule has 4 heteroatoms. The van der Waals surface area contributed by atoms with Crippen LogP contribution in [0.25, 0.3) is 0 Å². The smallest absolute Gasteiger partial charge is 0.313 e. The molecule has 0 aromatic carbocycles. The van der Waals surface area contributed by atoms with Gasteiger partial charge in [0.2, 0.25) is 0 Å². The van der Waals surface area contributed by atoms with E-state index in [1.807, 2.05) is 0 Å². The van der Waals surface area contributed by atoms with Crippen LogP contribution in [0.3, 0.4) is 0 Å². The molecule has 0 saturated carbocycles. The molecule has 0 spiro atoms. The van der Waals surface area contributed by atoms with Crippen molar-refractivity contribution in [2.24, 2.45) is 5.92 Å². The molecular weight excluding hydrogens is 235 g/mol. The first kappa shape index (κ1) is 14.5. The number of esters is 1. The minimum Gasteiger partial charge on any atom is -0.466 e. The molecule has 0 radical (unpaired) electrons. The molecule has 3 nitrogen and oxygen atoms in total. The topological polar surface area (TPSA) is 43.4 Å². The van der Waals surface area contributed by atoms with Gasteiger partial charge in [-0.25, -0.2) is 0 Å². The van der Waals surface area contributed by atoms with E-state index in [9.17, 15) is 9.59 Å². The van der Waals surface area contributed by atoms with Gasteiger partial charge >= 0.3 is 5.97 Å². The SMILES string of the molecule is CCOC(=O)CC(=O)C(C)C.[Zr]. The van der Waals surface area contributed by atoms with Crippen molar-refractivity contribution in [3.8, 4) is 0 Å². The van der Waals surface area contributed by atoms with Crippen LogP contribution in [-0.2, 0) is 40.5 Å². The van der Waals surface area contributed by atoms with E-state index < -0.39 is 5.97 Å². The van der Waals surface area contributed by atoms with Crippen molar-refractivity contribution < 1.29 is 40.5 Å². The van der Waals surface area contributed by atoms with Crippen molar-refractivity contribution in [1.82, 2.24) is 0 Å². The fourth-order valence-corrected chi connectivity index (χ4v) is 0.558. The summed E-state index contributed by atoms with van der Waals surface area (Å²) in [7, 11) is 0. The third-order valence-corrected chi connectivity index (χ3v) is 1.27. The molecule has 0 aromatic heterocycles. The third-order valence-electron chi connectivity index (χ3n) is 1.27. The van der Waals surface area contributed by atoms with Crippen LogP contribution >= 0.6 is 0 Å². The van der Waals surface area contributed by atoms with Crippen molar-refractivity contribution in [1.29, 1.82) is 0 Å². The van der Waals surface area contributed by atoms with Crippen LogP contribution in [-0.4, -0.2) is 18.4 Å². The number of ketones is 1. The fourth-order valence-electron chi connectivity index (χ4n) is 0.558. The van der Waals surface area contributed by atoms with Gasteiger partial charge in [0.25, 0.3) is 0 Å². The molecule has 0 unspecified atom stereocenters. The number of hydrogen-bond donors (Lipinski definition) is 0. The first-order chi connectivity index (χ1) is 5.07. The molecule has 12 heavy (non-hydrogen) atoms. The van der Waals surface area contributed by atoms with Gasteiger partial charge in [0.05, 0.1) is 6.61 Å². The number of ether oxygens (including phenoxy) is 1. The van der Waals surface area contributed by atoms with E-state index in [0.29, 0.717) is 6.61 Å². The van der Waals surface area contributed by atoms with Gasteiger partial charge in [0.1, 0.15) is 12.2 Å². The summed E-state index contributed by atoms with van der Waals surface area (Å²) in [5.74, 6) is -0.575. The van der Waals surface area contributed by atoms with Gasteiger partial charge in [0.15, 0.2) is 0 Å². The number of carbonyl (C=O) groups excluding carboxylic acids is 2. The van der Waals surface area contributed by atoms with Gasteiger partial charge < -0.3 is 4.74 Å². The molecule has 0 heterocycles. The average Bonchev–Trinajstić information content (AvgIpc) is 1.87. The van der Waals surface area contributed by atoms with Gasteiger partial charge in [-0.15, -0.1) is 0 Å². The van der Waals surface area contributed by atoms with Crippen molar-refractivity contribution in [3.05, 3.63) is 0 Å². The van der Waals surface area contributed by atoms with E-state index in [4.69, 9.17) is 0 Å². The van der Waals surface area contributed by atoms with Crippen LogP contribution in [0.4, 0.5) is 0 Å². The number of rotatable bonds is 4. The van der Waals surface area contributed by atoms with Crippen molar-refractivity contribution >= 4 is 11.8 Å². The Labute approximate surface area is 92.0 Å². The summed E-state index contributed by atoms with van der Waals surface area (Å²) in [4.78, 5) is 21.6. The largest absolute Gasteiger partial charge is 0.466 e. The second-order valence-electron chi connectivity index (χ2n) is 2.60. The van der Waals surface area contributed by atoms with Crippen molar-refractivity contribution in [2.75, 3.05) is 6.61 Å². The summed E-state index contributed by atoms with van der Waals surface area (Å²) in [5.41, 5.74) is 0. The molecule has 68 valence electrons. The molecule has 0 fully saturated rings. The standard InChI is InChI=1S/C8H14O3.Zr/c1-4-11-8(10)5-7(9)6(2)3;/h6H,4-5H2,1-3H3;. The molecular formula is C8H14O3Zr. The van der Waals surface area contributed by atoms with Crippen LogP contribution in [0.1, 0.15) is 27.2 Å². The zero-order valence-corrected chi connectivity index (χ0v) is 10.2. The van der Waals surface area contributed by atoms with Crippen LogP contribution in [0, 0.1) is 5.92 Å². The Kier molecular flexibility index (Phi) is 9.28. The Morgan fingerprint density at radius 1 is 1.33 bits per heavy atom. The van der Waals surface area contributed by atoms with Gasteiger partial charge in [-0.05, 0) is 6.92 Å². The number of hydrogen-bond acceptors (Lipinski definition) is 3. The average molecular weight is 249 g/mol. The number of Topliss-reactive ketones (excluding diaryl/α,β-unsaturated/α-hetero) is 1.